The smallest absolute Gasteiger partial charge is 0.0446 e. The van der Waals surface area contributed by atoms with E-state index >= 15 is 0 Å². The van der Waals surface area contributed by atoms with Gasteiger partial charge in [0.2, 0.25) is 0 Å². The Hall–Kier alpha value is -0.640. The highest BCUT2D eigenvalue weighted by Gasteiger charge is 2.26. The van der Waals surface area contributed by atoms with E-state index in [-0.39, 0.29) is 0 Å². The zero-order valence-corrected chi connectivity index (χ0v) is 13.9. The fourth-order valence-corrected chi connectivity index (χ4v) is 5.18. The van der Waals surface area contributed by atoms with E-state index in [2.05, 4.69) is 42.7 Å². The summed E-state index contributed by atoms with van der Waals surface area (Å²) in [5.74, 6) is 0.827. The summed E-state index contributed by atoms with van der Waals surface area (Å²) >= 11 is 3.82. The molecule has 2 aromatic heterocycles. The van der Waals surface area contributed by atoms with Gasteiger partial charge in [-0.25, -0.2) is 0 Å². The Balaban J connectivity index is 1.71. The third kappa shape index (κ3) is 3.16. The van der Waals surface area contributed by atoms with Gasteiger partial charge in [-0.3, -0.25) is 0 Å². The number of hydrogen-bond acceptors (Lipinski definition) is 3. The molecule has 2 heterocycles. The van der Waals surface area contributed by atoms with Gasteiger partial charge in [0.25, 0.3) is 0 Å². The quantitative estimate of drug-likeness (QED) is 0.774. The molecule has 0 radical (unpaired) electrons. The molecule has 0 spiro atoms. The molecule has 0 amide bonds. The lowest BCUT2D eigenvalue weighted by atomic mass is 9.96. The highest BCUT2D eigenvalue weighted by atomic mass is 32.1. The number of aryl methyl sites for hydroxylation is 2. The van der Waals surface area contributed by atoms with Crippen molar-refractivity contribution < 1.29 is 0 Å². The molecule has 0 bridgehead atoms. The minimum absolute atomic E-state index is 0.553. The number of rotatable bonds is 5. The van der Waals surface area contributed by atoms with E-state index in [0.29, 0.717) is 6.04 Å². The highest BCUT2D eigenvalue weighted by Crippen LogP contribution is 2.37. The van der Waals surface area contributed by atoms with E-state index in [4.69, 9.17) is 0 Å². The van der Waals surface area contributed by atoms with Gasteiger partial charge in [-0.1, -0.05) is 18.9 Å². The zero-order chi connectivity index (χ0) is 13.9. The van der Waals surface area contributed by atoms with Crippen LogP contribution in [-0.2, 0) is 6.54 Å². The van der Waals surface area contributed by atoms with Crippen molar-refractivity contribution in [3.8, 4) is 0 Å². The van der Waals surface area contributed by atoms with Crippen LogP contribution in [0.15, 0.2) is 23.6 Å². The Bertz CT molecular complexity index is 535. The summed E-state index contributed by atoms with van der Waals surface area (Å²) in [7, 11) is 0. The zero-order valence-electron chi connectivity index (χ0n) is 12.3. The SMILES string of the molecule is Cc1cc(CNC(c2cccs2)C2CCCC2)c(C)s1. The van der Waals surface area contributed by atoms with Crippen molar-refractivity contribution in [2.75, 3.05) is 0 Å². The van der Waals surface area contributed by atoms with Crippen molar-refractivity contribution in [3.63, 3.8) is 0 Å². The van der Waals surface area contributed by atoms with Crippen LogP contribution in [-0.4, -0.2) is 0 Å². The van der Waals surface area contributed by atoms with Crippen molar-refractivity contribution in [3.05, 3.63) is 43.8 Å². The predicted octanol–water partition coefficient (Wildman–Crippen LogP) is 5.45. The average Bonchev–Trinajstić information content (AvgIpc) is 3.14. The lowest BCUT2D eigenvalue weighted by Crippen LogP contribution is -2.26. The standard InChI is InChI=1S/C17H23NS2/c1-12-10-15(13(2)20-12)11-18-17(14-6-3-4-7-14)16-8-5-9-19-16/h5,8-10,14,17-18H,3-4,6-7,11H2,1-2H3. The molecule has 3 heteroatoms. The van der Waals surface area contributed by atoms with Crippen molar-refractivity contribution in [1.82, 2.24) is 5.32 Å². The monoisotopic (exact) mass is 305 g/mol. The molecule has 1 nitrogen and oxygen atoms in total. The Morgan fingerprint density at radius 1 is 1.30 bits per heavy atom. The van der Waals surface area contributed by atoms with Crippen molar-refractivity contribution in [1.29, 1.82) is 0 Å². The Labute approximate surface area is 130 Å². The maximum atomic E-state index is 3.85. The van der Waals surface area contributed by atoms with Crippen LogP contribution in [0.5, 0.6) is 0 Å². The molecule has 20 heavy (non-hydrogen) atoms. The second-order valence-corrected chi connectivity index (χ2v) is 8.30. The Morgan fingerprint density at radius 3 is 2.70 bits per heavy atom. The van der Waals surface area contributed by atoms with E-state index < -0.39 is 0 Å². The molecule has 1 saturated carbocycles. The van der Waals surface area contributed by atoms with Gasteiger partial charge in [-0.2, -0.15) is 0 Å². The predicted molar refractivity (Wildman–Crippen MR) is 89.7 cm³/mol. The second kappa shape index (κ2) is 6.42. The first kappa shape index (κ1) is 14.3. The van der Waals surface area contributed by atoms with Crippen LogP contribution in [0.4, 0.5) is 0 Å². The molecule has 3 rings (SSSR count). The summed E-state index contributed by atoms with van der Waals surface area (Å²) in [4.78, 5) is 4.40. The molecule has 2 aromatic rings. The van der Waals surface area contributed by atoms with E-state index in [1.807, 2.05) is 22.7 Å². The van der Waals surface area contributed by atoms with E-state index in [9.17, 15) is 0 Å². The first-order chi connectivity index (χ1) is 9.74. The first-order valence-corrected chi connectivity index (χ1v) is 9.26. The maximum Gasteiger partial charge on any atom is 0.0446 e. The first-order valence-electron chi connectivity index (χ1n) is 7.57. The van der Waals surface area contributed by atoms with Crippen LogP contribution >= 0.6 is 22.7 Å². The van der Waals surface area contributed by atoms with Gasteiger partial charge in [0.05, 0.1) is 0 Å². The van der Waals surface area contributed by atoms with Crippen LogP contribution in [0.2, 0.25) is 0 Å². The molecule has 0 aliphatic heterocycles. The van der Waals surface area contributed by atoms with Gasteiger partial charge in [0.15, 0.2) is 0 Å². The second-order valence-electron chi connectivity index (χ2n) is 5.86. The minimum atomic E-state index is 0.553. The van der Waals surface area contributed by atoms with Crippen LogP contribution in [0.3, 0.4) is 0 Å². The fraction of sp³-hybridized carbons (Fsp3) is 0.529. The summed E-state index contributed by atoms with van der Waals surface area (Å²) in [6.45, 7) is 5.45. The summed E-state index contributed by atoms with van der Waals surface area (Å²) in [5.41, 5.74) is 1.48. The highest BCUT2D eigenvalue weighted by molar-refractivity contribution is 7.12. The lowest BCUT2D eigenvalue weighted by molar-refractivity contribution is 0.371. The van der Waals surface area contributed by atoms with E-state index in [1.54, 1.807) is 0 Å². The summed E-state index contributed by atoms with van der Waals surface area (Å²) in [5, 5.41) is 6.06. The molecule has 1 N–H and O–H groups in total. The van der Waals surface area contributed by atoms with Crippen molar-refractivity contribution in [2.24, 2.45) is 5.92 Å². The van der Waals surface area contributed by atoms with Gasteiger partial charge in [-0.05, 0) is 55.7 Å². The average molecular weight is 306 g/mol. The van der Waals surface area contributed by atoms with E-state index in [1.165, 1.54) is 45.9 Å². The fourth-order valence-electron chi connectivity index (χ4n) is 3.34. The van der Waals surface area contributed by atoms with Crippen LogP contribution < -0.4 is 5.32 Å². The topological polar surface area (TPSA) is 12.0 Å². The molecule has 1 aliphatic carbocycles. The van der Waals surface area contributed by atoms with Gasteiger partial charge >= 0.3 is 0 Å². The summed E-state index contributed by atoms with van der Waals surface area (Å²) in [6, 6.07) is 7.38. The van der Waals surface area contributed by atoms with Gasteiger partial charge < -0.3 is 5.32 Å². The number of nitrogens with one attached hydrogen (secondary N) is 1. The van der Waals surface area contributed by atoms with Crippen LogP contribution in [0.25, 0.3) is 0 Å². The van der Waals surface area contributed by atoms with Crippen molar-refractivity contribution >= 4 is 22.7 Å². The largest absolute Gasteiger partial charge is 0.305 e. The van der Waals surface area contributed by atoms with Crippen molar-refractivity contribution in [2.45, 2.75) is 52.1 Å². The molecule has 1 unspecified atom stereocenters. The maximum absolute atomic E-state index is 3.85. The van der Waals surface area contributed by atoms with Gasteiger partial charge in [-0.15, -0.1) is 22.7 Å². The lowest BCUT2D eigenvalue weighted by Gasteiger charge is -2.24. The third-order valence-corrected chi connectivity index (χ3v) is 6.34. The summed E-state index contributed by atoms with van der Waals surface area (Å²) < 4.78 is 0. The van der Waals surface area contributed by atoms with Crippen LogP contribution in [0, 0.1) is 19.8 Å². The number of hydrogen-bond donors (Lipinski definition) is 1. The molecule has 1 aliphatic rings. The van der Waals surface area contributed by atoms with E-state index in [0.717, 1.165) is 12.5 Å². The Morgan fingerprint density at radius 2 is 2.10 bits per heavy atom. The Kier molecular flexibility index (Phi) is 4.59. The molecule has 0 aromatic carbocycles. The van der Waals surface area contributed by atoms with Crippen LogP contribution in [0.1, 0.15) is 51.9 Å². The molecular weight excluding hydrogens is 282 g/mol. The normalized spacial score (nSPS) is 17.7. The van der Waals surface area contributed by atoms with Gasteiger partial charge in [0, 0.05) is 27.2 Å². The minimum Gasteiger partial charge on any atom is -0.305 e. The molecule has 108 valence electrons. The summed E-state index contributed by atoms with van der Waals surface area (Å²) in [6.07, 6.45) is 5.59. The van der Waals surface area contributed by atoms with Gasteiger partial charge in [0.1, 0.15) is 0 Å². The molecule has 1 fully saturated rings. The third-order valence-electron chi connectivity index (χ3n) is 4.38. The molecule has 0 saturated heterocycles. The number of thiophene rings is 2. The molecule has 1 atom stereocenters. The molecular formula is C17H23NS2.